The fraction of sp³-hybridized carbons (Fsp3) is 0. The zero-order valence-corrected chi connectivity index (χ0v) is 27.6. The largest absolute Gasteiger partial charge is 0.456 e. The van der Waals surface area contributed by atoms with E-state index < -0.39 is 0 Å². The molecule has 4 nitrogen and oxygen atoms in total. The molecule has 0 fully saturated rings. The highest BCUT2D eigenvalue weighted by molar-refractivity contribution is 7.25. The molecule has 10 rings (SSSR count). The van der Waals surface area contributed by atoms with Crippen LogP contribution in [0.5, 0.6) is 0 Å². The fourth-order valence-electron chi connectivity index (χ4n) is 6.79. The first-order valence-electron chi connectivity index (χ1n) is 16.6. The number of furan rings is 1. The van der Waals surface area contributed by atoms with Gasteiger partial charge in [-0.3, -0.25) is 0 Å². The van der Waals surface area contributed by atoms with E-state index in [0.717, 1.165) is 49.8 Å². The van der Waals surface area contributed by atoms with E-state index in [1.165, 1.54) is 31.3 Å². The van der Waals surface area contributed by atoms with Crippen molar-refractivity contribution in [3.63, 3.8) is 0 Å². The lowest BCUT2D eigenvalue weighted by atomic mass is 9.98. The molecule has 0 amide bonds. The van der Waals surface area contributed by atoms with Crippen molar-refractivity contribution in [3.8, 4) is 56.4 Å². The average Bonchev–Trinajstić information content (AvgIpc) is 3.76. The number of thiophene rings is 1. The first kappa shape index (κ1) is 28.6. The molecule has 3 heterocycles. The molecule has 0 aliphatic carbocycles. The minimum absolute atomic E-state index is 0.601. The van der Waals surface area contributed by atoms with Gasteiger partial charge in [-0.05, 0) is 58.7 Å². The normalized spacial score (nSPS) is 11.6. The van der Waals surface area contributed by atoms with Crippen molar-refractivity contribution in [1.29, 1.82) is 0 Å². The van der Waals surface area contributed by atoms with E-state index in [-0.39, 0.29) is 0 Å². The van der Waals surface area contributed by atoms with Gasteiger partial charge in [-0.1, -0.05) is 127 Å². The quantitative estimate of drug-likeness (QED) is 0.185. The summed E-state index contributed by atoms with van der Waals surface area (Å²) in [5.41, 5.74) is 9.12. The maximum atomic E-state index is 6.19. The number of hydrogen-bond acceptors (Lipinski definition) is 5. The summed E-state index contributed by atoms with van der Waals surface area (Å²) in [6, 6.07) is 57.0. The molecule has 0 aliphatic heterocycles. The summed E-state index contributed by atoms with van der Waals surface area (Å²) in [6.07, 6.45) is 0. The van der Waals surface area contributed by atoms with Crippen LogP contribution in [0.3, 0.4) is 0 Å². The lowest BCUT2D eigenvalue weighted by Gasteiger charge is -2.09. The van der Waals surface area contributed by atoms with Crippen molar-refractivity contribution in [1.82, 2.24) is 15.0 Å². The SMILES string of the molecule is c1ccc(-c2nc(-c3ccc(-c4ccc(-c5ccc6sc7ccccc7c6c5)cc4)cc3)nc(-c3ccc4c(c3)oc3ccccc34)n2)cc1. The van der Waals surface area contributed by atoms with Gasteiger partial charge in [0.2, 0.25) is 0 Å². The molecule has 7 aromatic carbocycles. The molecule has 0 saturated carbocycles. The van der Waals surface area contributed by atoms with E-state index in [9.17, 15) is 0 Å². The van der Waals surface area contributed by atoms with Crippen LogP contribution in [0.25, 0.3) is 98.5 Å². The van der Waals surface area contributed by atoms with Crippen molar-refractivity contribution in [2.45, 2.75) is 0 Å². The second-order valence-corrected chi connectivity index (χ2v) is 13.5. The number of benzene rings is 7. The van der Waals surface area contributed by atoms with E-state index in [0.29, 0.717) is 17.5 Å². The third-order valence-electron chi connectivity index (χ3n) is 9.38. The van der Waals surface area contributed by atoms with Crippen LogP contribution in [-0.2, 0) is 0 Å². The Labute approximate surface area is 292 Å². The number of rotatable bonds is 5. The molecule has 10 aromatic rings. The molecule has 0 saturated heterocycles. The highest BCUT2D eigenvalue weighted by Gasteiger charge is 2.15. The zero-order valence-electron chi connectivity index (χ0n) is 26.7. The number of fused-ring (bicyclic) bond motifs is 6. The molecule has 3 aromatic heterocycles. The Morgan fingerprint density at radius 2 is 0.820 bits per heavy atom. The molecule has 50 heavy (non-hydrogen) atoms. The predicted octanol–water partition coefficient (Wildman–Crippen LogP) is 12.5. The Morgan fingerprint density at radius 1 is 0.320 bits per heavy atom. The number of hydrogen-bond donors (Lipinski definition) is 0. The van der Waals surface area contributed by atoms with Gasteiger partial charge >= 0.3 is 0 Å². The maximum Gasteiger partial charge on any atom is 0.164 e. The van der Waals surface area contributed by atoms with Crippen LogP contribution in [-0.4, -0.2) is 15.0 Å². The van der Waals surface area contributed by atoms with Crippen molar-refractivity contribution >= 4 is 53.4 Å². The van der Waals surface area contributed by atoms with Crippen LogP contribution in [0.4, 0.5) is 0 Å². The highest BCUT2D eigenvalue weighted by atomic mass is 32.1. The summed E-state index contributed by atoms with van der Waals surface area (Å²) in [6.45, 7) is 0. The summed E-state index contributed by atoms with van der Waals surface area (Å²) in [5.74, 6) is 1.85. The van der Waals surface area contributed by atoms with Crippen LogP contribution >= 0.6 is 11.3 Å². The van der Waals surface area contributed by atoms with Crippen LogP contribution in [0, 0.1) is 0 Å². The molecule has 5 heteroatoms. The third kappa shape index (κ3) is 4.95. The predicted molar refractivity (Wildman–Crippen MR) is 207 cm³/mol. The second-order valence-electron chi connectivity index (χ2n) is 12.4. The van der Waals surface area contributed by atoms with Crippen molar-refractivity contribution < 1.29 is 4.42 Å². The Morgan fingerprint density at radius 3 is 1.56 bits per heavy atom. The monoisotopic (exact) mass is 657 g/mol. The topological polar surface area (TPSA) is 51.8 Å². The summed E-state index contributed by atoms with van der Waals surface area (Å²) in [5, 5.41) is 4.80. The third-order valence-corrected chi connectivity index (χ3v) is 10.5. The van der Waals surface area contributed by atoms with E-state index in [1.807, 2.05) is 65.9 Å². The zero-order chi connectivity index (χ0) is 33.0. The second kappa shape index (κ2) is 11.6. The van der Waals surface area contributed by atoms with E-state index in [4.69, 9.17) is 19.4 Å². The van der Waals surface area contributed by atoms with Crippen molar-refractivity contribution in [2.75, 3.05) is 0 Å². The van der Waals surface area contributed by atoms with E-state index >= 15 is 0 Å². The minimum Gasteiger partial charge on any atom is -0.456 e. The van der Waals surface area contributed by atoms with Crippen molar-refractivity contribution in [2.24, 2.45) is 0 Å². The van der Waals surface area contributed by atoms with E-state index in [2.05, 4.69) is 109 Å². The minimum atomic E-state index is 0.601. The number of nitrogens with zero attached hydrogens (tertiary/aromatic N) is 3. The highest BCUT2D eigenvalue weighted by Crippen LogP contribution is 2.37. The summed E-state index contributed by atoms with van der Waals surface area (Å²) in [4.78, 5) is 14.8. The molecule has 234 valence electrons. The molecule has 0 N–H and O–H groups in total. The molecule has 0 bridgehead atoms. The molecule has 0 atom stereocenters. The van der Waals surface area contributed by atoms with Crippen LogP contribution in [0.1, 0.15) is 0 Å². The molecule has 0 spiro atoms. The molecule has 0 aliphatic rings. The number of aromatic nitrogens is 3. The standard InChI is InChI=1S/C45H27N3OS/c1-2-8-31(9-3-1)43-46-44(48-45(47-43)34-22-24-36-35-10-4-6-12-39(35)49-40(36)27-34)32-20-18-29(19-21-32)28-14-16-30(17-15-28)33-23-25-42-38(26-33)37-11-5-7-13-41(37)50-42/h1-27H. The van der Waals surface area contributed by atoms with Gasteiger partial charge in [0.05, 0.1) is 0 Å². The lowest BCUT2D eigenvalue weighted by molar-refractivity contribution is 0.669. The van der Waals surface area contributed by atoms with Gasteiger partial charge in [0.15, 0.2) is 17.5 Å². The van der Waals surface area contributed by atoms with Gasteiger partial charge in [0.25, 0.3) is 0 Å². The Bertz CT molecular complexity index is 2850. The van der Waals surface area contributed by atoms with Gasteiger partial charge < -0.3 is 4.42 Å². The average molecular weight is 658 g/mol. The maximum absolute atomic E-state index is 6.19. The Balaban J connectivity index is 0.986. The molecule has 0 radical (unpaired) electrons. The van der Waals surface area contributed by atoms with Gasteiger partial charge in [0.1, 0.15) is 11.2 Å². The van der Waals surface area contributed by atoms with Gasteiger partial charge in [-0.15, -0.1) is 11.3 Å². The number of para-hydroxylation sites is 1. The smallest absolute Gasteiger partial charge is 0.164 e. The fourth-order valence-corrected chi connectivity index (χ4v) is 7.87. The Hall–Kier alpha value is -6.43. The van der Waals surface area contributed by atoms with Crippen LogP contribution in [0.2, 0.25) is 0 Å². The van der Waals surface area contributed by atoms with E-state index in [1.54, 1.807) is 0 Å². The Kier molecular flexibility index (Phi) is 6.64. The first-order chi connectivity index (χ1) is 24.7. The molecular formula is C45H27N3OS. The van der Waals surface area contributed by atoms with Crippen LogP contribution < -0.4 is 0 Å². The van der Waals surface area contributed by atoms with Gasteiger partial charge in [-0.25, -0.2) is 15.0 Å². The van der Waals surface area contributed by atoms with Crippen molar-refractivity contribution in [3.05, 3.63) is 164 Å². The molecular weight excluding hydrogens is 631 g/mol. The summed E-state index contributed by atoms with van der Waals surface area (Å²) in [7, 11) is 0. The van der Waals surface area contributed by atoms with Gasteiger partial charge in [0, 0.05) is 47.6 Å². The lowest BCUT2D eigenvalue weighted by Crippen LogP contribution is -2.00. The van der Waals surface area contributed by atoms with Gasteiger partial charge in [-0.2, -0.15) is 0 Å². The molecule has 0 unspecified atom stereocenters. The summed E-state index contributed by atoms with van der Waals surface area (Å²) < 4.78 is 8.84. The van der Waals surface area contributed by atoms with Crippen LogP contribution in [0.15, 0.2) is 168 Å². The first-order valence-corrected chi connectivity index (χ1v) is 17.4. The summed E-state index contributed by atoms with van der Waals surface area (Å²) >= 11 is 1.85.